The number of likely N-dealkylation sites (tertiary alicyclic amines) is 1. The van der Waals surface area contributed by atoms with Crippen molar-refractivity contribution in [3.8, 4) is 5.75 Å². The number of ether oxygens (including phenoxy) is 1. The van der Waals surface area contributed by atoms with Crippen molar-refractivity contribution in [2.75, 3.05) is 20.2 Å². The van der Waals surface area contributed by atoms with Crippen molar-refractivity contribution in [1.82, 2.24) is 14.5 Å². The first-order valence-corrected chi connectivity index (χ1v) is 9.68. The maximum absolute atomic E-state index is 13.9. The van der Waals surface area contributed by atoms with Gasteiger partial charge in [-0.1, -0.05) is 18.3 Å². The molecule has 5 nitrogen and oxygen atoms in total. The number of carbonyl (C=O) groups excluding carboxylic acids is 1. The van der Waals surface area contributed by atoms with Crippen LogP contribution in [0.5, 0.6) is 5.75 Å². The van der Waals surface area contributed by atoms with Gasteiger partial charge in [-0.25, -0.2) is 4.39 Å². The molecule has 0 saturated carbocycles. The fourth-order valence-corrected chi connectivity index (χ4v) is 4.27. The second-order valence-electron chi connectivity index (χ2n) is 7.02. The molecule has 0 spiro atoms. The molecule has 1 saturated heterocycles. The zero-order valence-electron chi connectivity index (χ0n) is 15.4. The summed E-state index contributed by atoms with van der Waals surface area (Å²) in [6, 6.07) is 4.44. The lowest BCUT2D eigenvalue weighted by Gasteiger charge is -2.31. The van der Waals surface area contributed by atoms with Gasteiger partial charge < -0.3 is 4.74 Å². The smallest absolute Gasteiger partial charge is 0.167 e. The Kier molecular flexibility index (Phi) is 5.98. The van der Waals surface area contributed by atoms with Gasteiger partial charge in [-0.15, -0.1) is 5.10 Å². The van der Waals surface area contributed by atoms with E-state index in [2.05, 4.69) is 28.3 Å². The van der Waals surface area contributed by atoms with E-state index in [0.29, 0.717) is 18.0 Å². The lowest BCUT2D eigenvalue weighted by Crippen LogP contribution is -2.38. The molecule has 2 heterocycles. The third-order valence-electron chi connectivity index (χ3n) is 4.81. The normalized spacial score (nSPS) is 18.3. The number of piperidine rings is 1. The monoisotopic (exact) mass is 377 g/mol. The molecule has 0 amide bonds. The average Bonchev–Trinajstić information content (AvgIpc) is 3.09. The molecule has 140 valence electrons. The Morgan fingerprint density at radius 1 is 1.46 bits per heavy atom. The van der Waals surface area contributed by atoms with Crippen LogP contribution in [0.25, 0.3) is 0 Å². The standard InChI is InChI=1S/C19H24FN3O2S/c1-12(2)18-17(26-22-21-18)11-23-8-4-5-14(10-23)19(24)13-6-7-16(25-3)15(20)9-13/h6-7,9,12,14H,4-5,8,10-11H2,1-3H3/t14-/m0/s1. The molecule has 3 rings (SSSR count). The molecule has 2 aromatic rings. The minimum absolute atomic E-state index is 0.00256. The number of Topliss-reactive ketones (excluding diaryl/α,β-unsaturated/α-hetero) is 1. The summed E-state index contributed by atoms with van der Waals surface area (Å²) in [4.78, 5) is 16.3. The van der Waals surface area contributed by atoms with Gasteiger partial charge in [0.25, 0.3) is 0 Å². The number of hydrogen-bond donors (Lipinski definition) is 0. The van der Waals surface area contributed by atoms with Gasteiger partial charge >= 0.3 is 0 Å². The molecular weight excluding hydrogens is 353 g/mol. The number of methoxy groups -OCH3 is 1. The molecule has 1 aliphatic heterocycles. The van der Waals surface area contributed by atoms with Crippen LogP contribution in [0.15, 0.2) is 18.2 Å². The van der Waals surface area contributed by atoms with E-state index < -0.39 is 5.82 Å². The van der Waals surface area contributed by atoms with Crippen molar-refractivity contribution in [3.63, 3.8) is 0 Å². The van der Waals surface area contributed by atoms with Crippen molar-refractivity contribution >= 4 is 17.3 Å². The van der Waals surface area contributed by atoms with E-state index in [0.717, 1.165) is 31.6 Å². The van der Waals surface area contributed by atoms with Crippen LogP contribution in [0, 0.1) is 11.7 Å². The van der Waals surface area contributed by atoms with Gasteiger partial charge in [-0.3, -0.25) is 9.69 Å². The quantitative estimate of drug-likeness (QED) is 0.715. The molecule has 26 heavy (non-hydrogen) atoms. The van der Waals surface area contributed by atoms with Gasteiger partial charge in [0.1, 0.15) is 0 Å². The fraction of sp³-hybridized carbons (Fsp3) is 0.526. The number of halogens is 1. The summed E-state index contributed by atoms with van der Waals surface area (Å²) >= 11 is 1.43. The number of hydrogen-bond acceptors (Lipinski definition) is 6. The van der Waals surface area contributed by atoms with E-state index in [-0.39, 0.29) is 17.5 Å². The predicted octanol–water partition coefficient (Wildman–Crippen LogP) is 3.90. The van der Waals surface area contributed by atoms with Crippen LogP contribution in [0.3, 0.4) is 0 Å². The Balaban J connectivity index is 1.69. The zero-order valence-corrected chi connectivity index (χ0v) is 16.2. The SMILES string of the molecule is COc1ccc(C(=O)[C@H]2CCCN(Cc3snnc3C(C)C)C2)cc1F. The van der Waals surface area contributed by atoms with Gasteiger partial charge in [0.2, 0.25) is 0 Å². The molecule has 1 atom stereocenters. The van der Waals surface area contributed by atoms with Crippen LogP contribution >= 0.6 is 11.5 Å². The number of benzene rings is 1. The molecule has 0 radical (unpaired) electrons. The van der Waals surface area contributed by atoms with Gasteiger partial charge in [0.05, 0.1) is 17.7 Å². The van der Waals surface area contributed by atoms with E-state index in [4.69, 9.17) is 4.74 Å². The van der Waals surface area contributed by atoms with Crippen LogP contribution in [0.4, 0.5) is 4.39 Å². The van der Waals surface area contributed by atoms with Crippen LogP contribution in [-0.2, 0) is 6.54 Å². The molecule has 0 aliphatic carbocycles. The van der Waals surface area contributed by atoms with Crippen molar-refractivity contribution in [1.29, 1.82) is 0 Å². The third kappa shape index (κ3) is 4.10. The molecule has 0 unspecified atom stereocenters. The molecular formula is C19H24FN3O2S. The van der Waals surface area contributed by atoms with Gasteiger partial charge in [-0.2, -0.15) is 0 Å². The van der Waals surface area contributed by atoms with E-state index in [1.165, 1.54) is 35.7 Å². The molecule has 1 aliphatic rings. The summed E-state index contributed by atoms with van der Waals surface area (Å²) in [6.45, 7) is 6.63. The van der Waals surface area contributed by atoms with Gasteiger partial charge in [-0.05, 0) is 55.0 Å². The maximum atomic E-state index is 13.9. The number of rotatable bonds is 6. The van der Waals surface area contributed by atoms with Gasteiger partial charge in [0, 0.05) is 24.6 Å². The topological polar surface area (TPSA) is 55.3 Å². The number of nitrogens with zero attached hydrogens (tertiary/aromatic N) is 3. The first-order valence-electron chi connectivity index (χ1n) is 8.90. The second kappa shape index (κ2) is 8.22. The summed E-state index contributed by atoms with van der Waals surface area (Å²) < 4.78 is 22.9. The van der Waals surface area contributed by atoms with Gasteiger partial charge in [0.15, 0.2) is 17.3 Å². The van der Waals surface area contributed by atoms with Crippen molar-refractivity contribution in [3.05, 3.63) is 40.2 Å². The van der Waals surface area contributed by atoms with E-state index >= 15 is 0 Å². The largest absolute Gasteiger partial charge is 0.494 e. The Labute approximate surface area is 157 Å². The Morgan fingerprint density at radius 3 is 2.96 bits per heavy atom. The molecule has 0 N–H and O–H groups in total. The Hall–Kier alpha value is -1.86. The van der Waals surface area contributed by atoms with Crippen LogP contribution in [-0.4, -0.2) is 40.5 Å². The summed E-state index contributed by atoms with van der Waals surface area (Å²) in [7, 11) is 1.42. The summed E-state index contributed by atoms with van der Waals surface area (Å²) in [5.41, 5.74) is 1.46. The highest BCUT2D eigenvalue weighted by atomic mass is 32.1. The minimum Gasteiger partial charge on any atom is -0.494 e. The second-order valence-corrected chi connectivity index (χ2v) is 7.86. The van der Waals surface area contributed by atoms with E-state index in [1.807, 2.05) is 0 Å². The zero-order chi connectivity index (χ0) is 18.7. The van der Waals surface area contributed by atoms with Crippen LogP contribution in [0.2, 0.25) is 0 Å². The van der Waals surface area contributed by atoms with E-state index in [1.54, 1.807) is 6.07 Å². The molecule has 1 aromatic heterocycles. The van der Waals surface area contributed by atoms with Crippen LogP contribution < -0.4 is 4.74 Å². The van der Waals surface area contributed by atoms with Crippen molar-refractivity contribution < 1.29 is 13.9 Å². The maximum Gasteiger partial charge on any atom is 0.167 e. The number of aromatic nitrogens is 2. The van der Waals surface area contributed by atoms with Crippen LogP contribution in [0.1, 0.15) is 53.5 Å². The average molecular weight is 377 g/mol. The Morgan fingerprint density at radius 2 is 2.27 bits per heavy atom. The lowest BCUT2D eigenvalue weighted by molar-refractivity contribution is 0.0812. The third-order valence-corrected chi connectivity index (χ3v) is 5.53. The summed E-state index contributed by atoms with van der Waals surface area (Å²) in [6.07, 6.45) is 1.79. The highest BCUT2D eigenvalue weighted by Gasteiger charge is 2.28. The lowest BCUT2D eigenvalue weighted by atomic mass is 9.90. The van der Waals surface area contributed by atoms with Crippen molar-refractivity contribution in [2.24, 2.45) is 5.92 Å². The molecule has 0 bridgehead atoms. The highest BCUT2D eigenvalue weighted by molar-refractivity contribution is 7.05. The first kappa shape index (κ1) is 18.9. The molecule has 1 fully saturated rings. The Bertz CT molecular complexity index is 778. The number of ketones is 1. The minimum atomic E-state index is -0.497. The van der Waals surface area contributed by atoms with Crippen molar-refractivity contribution in [2.45, 2.75) is 39.2 Å². The highest BCUT2D eigenvalue weighted by Crippen LogP contribution is 2.27. The summed E-state index contributed by atoms with van der Waals surface area (Å²) in [5.74, 6) is -0.106. The first-order chi connectivity index (χ1) is 12.5. The summed E-state index contributed by atoms with van der Waals surface area (Å²) in [5, 5.41) is 4.23. The van der Waals surface area contributed by atoms with E-state index in [9.17, 15) is 9.18 Å². The molecule has 7 heteroatoms. The predicted molar refractivity (Wildman–Crippen MR) is 99.3 cm³/mol. The number of carbonyl (C=O) groups is 1. The molecule has 1 aromatic carbocycles. The fourth-order valence-electron chi connectivity index (χ4n) is 3.44.